The number of carbonyl (C=O) groups excluding carboxylic acids is 1. The second kappa shape index (κ2) is 8.64. The number of carbonyl (C=O) groups is 1. The highest BCUT2D eigenvalue weighted by Crippen LogP contribution is 2.33. The van der Waals surface area contributed by atoms with Gasteiger partial charge in [0.05, 0.1) is 23.0 Å². The van der Waals surface area contributed by atoms with Crippen LogP contribution < -0.4 is 4.90 Å². The predicted molar refractivity (Wildman–Crippen MR) is 124 cm³/mol. The molecule has 31 heavy (non-hydrogen) atoms. The van der Waals surface area contributed by atoms with Crippen LogP contribution in [0.2, 0.25) is 0 Å². The van der Waals surface area contributed by atoms with Crippen LogP contribution >= 0.6 is 11.3 Å². The van der Waals surface area contributed by atoms with Gasteiger partial charge in [-0.2, -0.15) is 0 Å². The second-order valence-electron chi connectivity index (χ2n) is 8.12. The van der Waals surface area contributed by atoms with Crippen molar-refractivity contribution in [3.8, 4) is 0 Å². The van der Waals surface area contributed by atoms with Crippen LogP contribution in [-0.4, -0.2) is 47.9 Å². The van der Waals surface area contributed by atoms with Gasteiger partial charge in [-0.15, -0.1) is 0 Å². The Bertz CT molecular complexity index is 1160. The topological polar surface area (TPSA) is 83.5 Å². The summed E-state index contributed by atoms with van der Waals surface area (Å²) in [6, 6.07) is 7.97. The van der Waals surface area contributed by atoms with Crippen LogP contribution in [0.25, 0.3) is 10.2 Å². The quantitative estimate of drug-likeness (QED) is 0.584. The van der Waals surface area contributed by atoms with E-state index in [4.69, 9.17) is 4.98 Å². The summed E-state index contributed by atoms with van der Waals surface area (Å²) in [5, 5.41) is 0.666. The first kappa shape index (κ1) is 21.9. The van der Waals surface area contributed by atoms with Crippen molar-refractivity contribution in [1.82, 2.24) is 14.3 Å². The maximum Gasteiger partial charge on any atom is 0.232 e. The zero-order chi connectivity index (χ0) is 22.2. The average molecular weight is 459 g/mol. The summed E-state index contributed by atoms with van der Waals surface area (Å²) < 4.78 is 26.2. The van der Waals surface area contributed by atoms with Crippen molar-refractivity contribution < 1.29 is 13.2 Å². The maximum atomic E-state index is 13.6. The summed E-state index contributed by atoms with van der Waals surface area (Å²) in [4.78, 5) is 24.3. The number of nitrogens with zero attached hydrogens (tertiary/aromatic N) is 4. The van der Waals surface area contributed by atoms with Gasteiger partial charge in [-0.25, -0.2) is 17.7 Å². The van der Waals surface area contributed by atoms with Crippen LogP contribution in [0.15, 0.2) is 36.7 Å². The van der Waals surface area contributed by atoms with Crippen molar-refractivity contribution in [3.63, 3.8) is 0 Å². The lowest BCUT2D eigenvalue weighted by atomic mass is 9.96. The molecule has 0 unspecified atom stereocenters. The second-order valence-corrected chi connectivity index (χ2v) is 11.1. The number of amides is 1. The Kier molecular flexibility index (Phi) is 6.09. The molecule has 164 valence electrons. The minimum atomic E-state index is -3.23. The molecule has 1 amide bonds. The average Bonchev–Trinajstić information content (AvgIpc) is 3.14. The standard InChI is InChI=1S/C22H26N4O3S2/c1-15-11-19-20(12-16(15)2)30-22(24-19)26(14-17-5-4-8-23-13-17)21(27)18-6-9-25(10-7-18)31(3,28)29/h4-5,8,11-13,18H,6-7,9-10,14H2,1-3H3. The number of benzene rings is 1. The van der Waals surface area contributed by atoms with Gasteiger partial charge >= 0.3 is 0 Å². The van der Waals surface area contributed by atoms with Crippen LogP contribution in [0.3, 0.4) is 0 Å². The number of pyridine rings is 1. The molecule has 4 rings (SSSR count). The first-order valence-electron chi connectivity index (χ1n) is 10.3. The van der Waals surface area contributed by atoms with E-state index in [0.29, 0.717) is 37.6 Å². The zero-order valence-electron chi connectivity index (χ0n) is 17.9. The van der Waals surface area contributed by atoms with Gasteiger partial charge in [0.15, 0.2) is 5.13 Å². The predicted octanol–water partition coefficient (Wildman–Crippen LogP) is 3.51. The number of piperidine rings is 1. The third-order valence-corrected chi connectivity index (χ3v) is 8.17. The molecular formula is C22H26N4O3S2. The van der Waals surface area contributed by atoms with Crippen molar-refractivity contribution in [1.29, 1.82) is 0 Å². The van der Waals surface area contributed by atoms with Crippen LogP contribution in [0.4, 0.5) is 5.13 Å². The van der Waals surface area contributed by atoms with E-state index >= 15 is 0 Å². The fraction of sp³-hybridized carbons (Fsp3) is 0.409. The van der Waals surface area contributed by atoms with Crippen molar-refractivity contribution >= 4 is 42.6 Å². The van der Waals surface area contributed by atoms with E-state index in [2.05, 4.69) is 31.0 Å². The highest BCUT2D eigenvalue weighted by atomic mass is 32.2. The number of aromatic nitrogens is 2. The summed E-state index contributed by atoms with van der Waals surface area (Å²) in [6.07, 6.45) is 5.71. The van der Waals surface area contributed by atoms with E-state index in [1.54, 1.807) is 17.3 Å². The Morgan fingerprint density at radius 1 is 1.23 bits per heavy atom. The Morgan fingerprint density at radius 2 is 1.94 bits per heavy atom. The molecule has 0 radical (unpaired) electrons. The zero-order valence-corrected chi connectivity index (χ0v) is 19.5. The third-order valence-electron chi connectivity index (χ3n) is 5.83. The molecule has 1 aromatic carbocycles. The SMILES string of the molecule is Cc1cc2nc(N(Cc3cccnc3)C(=O)C3CCN(S(C)(=O)=O)CC3)sc2cc1C. The first-order valence-corrected chi connectivity index (χ1v) is 12.9. The van der Waals surface area contributed by atoms with E-state index in [0.717, 1.165) is 15.8 Å². The summed E-state index contributed by atoms with van der Waals surface area (Å²) in [6.45, 7) is 5.25. The molecule has 2 aromatic heterocycles. The maximum absolute atomic E-state index is 13.6. The van der Waals surface area contributed by atoms with Crippen molar-refractivity contribution in [3.05, 3.63) is 53.3 Å². The van der Waals surface area contributed by atoms with Gasteiger partial charge in [0.2, 0.25) is 15.9 Å². The van der Waals surface area contributed by atoms with Crippen LogP contribution in [-0.2, 0) is 21.4 Å². The highest BCUT2D eigenvalue weighted by molar-refractivity contribution is 7.88. The largest absolute Gasteiger partial charge is 0.283 e. The van der Waals surface area contributed by atoms with Gasteiger partial charge in [-0.1, -0.05) is 17.4 Å². The van der Waals surface area contributed by atoms with Gasteiger partial charge < -0.3 is 0 Å². The molecular weight excluding hydrogens is 432 g/mol. The smallest absolute Gasteiger partial charge is 0.232 e. The molecule has 1 aliphatic heterocycles. The van der Waals surface area contributed by atoms with E-state index < -0.39 is 10.0 Å². The monoisotopic (exact) mass is 458 g/mol. The number of anilines is 1. The van der Waals surface area contributed by atoms with Crippen molar-refractivity contribution in [2.75, 3.05) is 24.2 Å². The van der Waals surface area contributed by atoms with Crippen molar-refractivity contribution in [2.45, 2.75) is 33.2 Å². The van der Waals surface area contributed by atoms with Crippen molar-refractivity contribution in [2.24, 2.45) is 5.92 Å². The molecule has 0 N–H and O–H groups in total. The number of hydrogen-bond donors (Lipinski definition) is 0. The first-order chi connectivity index (χ1) is 14.7. The van der Waals surface area contributed by atoms with E-state index in [9.17, 15) is 13.2 Å². The molecule has 1 saturated heterocycles. The lowest BCUT2D eigenvalue weighted by Gasteiger charge is -2.32. The minimum Gasteiger partial charge on any atom is -0.283 e. The number of fused-ring (bicyclic) bond motifs is 1. The lowest BCUT2D eigenvalue weighted by Crippen LogP contribution is -2.44. The Balaban J connectivity index is 1.64. The number of rotatable bonds is 5. The molecule has 9 heteroatoms. The summed E-state index contributed by atoms with van der Waals surface area (Å²) >= 11 is 1.51. The summed E-state index contributed by atoms with van der Waals surface area (Å²) in [7, 11) is -3.23. The normalized spacial score (nSPS) is 16.0. The summed E-state index contributed by atoms with van der Waals surface area (Å²) in [5.74, 6) is -0.241. The highest BCUT2D eigenvalue weighted by Gasteiger charge is 2.33. The fourth-order valence-electron chi connectivity index (χ4n) is 3.85. The minimum absolute atomic E-state index is 0.00972. The molecule has 3 aromatic rings. The van der Waals surface area contributed by atoms with Gasteiger partial charge in [0, 0.05) is 31.4 Å². The van der Waals surface area contributed by atoms with E-state index in [-0.39, 0.29) is 11.8 Å². The molecule has 1 aliphatic rings. The number of thiazole rings is 1. The molecule has 3 heterocycles. The third kappa shape index (κ3) is 4.78. The molecule has 0 saturated carbocycles. The Morgan fingerprint density at radius 3 is 2.58 bits per heavy atom. The van der Waals surface area contributed by atoms with E-state index in [1.165, 1.54) is 33.0 Å². The number of hydrogen-bond acceptors (Lipinski definition) is 6. The number of sulfonamides is 1. The van der Waals surface area contributed by atoms with Gasteiger partial charge in [0.25, 0.3) is 0 Å². The fourth-order valence-corrected chi connectivity index (χ4v) is 5.78. The van der Waals surface area contributed by atoms with Crippen LogP contribution in [0.1, 0.15) is 29.5 Å². The molecule has 7 nitrogen and oxygen atoms in total. The molecule has 0 bridgehead atoms. The molecule has 0 spiro atoms. The van der Waals surface area contributed by atoms with Gasteiger partial charge in [-0.3, -0.25) is 14.7 Å². The van der Waals surface area contributed by atoms with E-state index in [1.807, 2.05) is 12.1 Å². The Hall–Kier alpha value is -2.36. The van der Waals surface area contributed by atoms with Gasteiger partial charge in [-0.05, 0) is 61.6 Å². The van der Waals surface area contributed by atoms with Crippen LogP contribution in [0.5, 0.6) is 0 Å². The van der Waals surface area contributed by atoms with Gasteiger partial charge in [0.1, 0.15) is 0 Å². The summed E-state index contributed by atoms with van der Waals surface area (Å²) in [5.41, 5.74) is 4.18. The molecule has 1 fully saturated rings. The molecule has 0 aliphatic carbocycles. The molecule has 0 atom stereocenters. The Labute approximate surface area is 186 Å². The lowest BCUT2D eigenvalue weighted by molar-refractivity contribution is -0.123. The number of aryl methyl sites for hydroxylation is 2. The van der Waals surface area contributed by atoms with Crippen LogP contribution in [0, 0.1) is 19.8 Å².